The fourth-order valence-corrected chi connectivity index (χ4v) is 4.15. The Kier molecular flexibility index (Phi) is 4.47. The number of hydrogen-bond donors (Lipinski definition) is 0. The Balaban J connectivity index is 1.29. The fraction of sp³-hybridized carbons (Fsp3) is 0.684. The van der Waals surface area contributed by atoms with Crippen LogP contribution in [0.5, 0.6) is 0 Å². The van der Waals surface area contributed by atoms with Crippen LogP contribution in [-0.4, -0.2) is 37.5 Å². The molecule has 1 saturated carbocycles. The molecular weight excluding hydrogens is 274 g/mol. The number of ether oxygens (including phenoxy) is 2. The minimum atomic E-state index is 0.0652. The first-order chi connectivity index (χ1) is 10.9. The van der Waals surface area contributed by atoms with Gasteiger partial charge in [-0.15, -0.1) is 0 Å². The van der Waals surface area contributed by atoms with Crippen LogP contribution in [0, 0.1) is 17.8 Å². The van der Waals surface area contributed by atoms with Crippen molar-refractivity contribution in [3.05, 3.63) is 35.9 Å². The van der Waals surface area contributed by atoms with Crippen molar-refractivity contribution in [1.82, 2.24) is 4.90 Å². The lowest BCUT2D eigenvalue weighted by Gasteiger charge is -2.33. The molecule has 0 spiro atoms. The summed E-state index contributed by atoms with van der Waals surface area (Å²) in [7, 11) is 0. The van der Waals surface area contributed by atoms with Gasteiger partial charge in [0.1, 0.15) is 0 Å². The van der Waals surface area contributed by atoms with Gasteiger partial charge in [0.05, 0.1) is 6.61 Å². The Morgan fingerprint density at radius 1 is 1.14 bits per heavy atom. The number of piperidine rings is 1. The first-order valence-electron chi connectivity index (χ1n) is 8.88. The predicted molar refractivity (Wildman–Crippen MR) is 86.3 cm³/mol. The molecule has 4 rings (SSSR count). The van der Waals surface area contributed by atoms with E-state index in [4.69, 9.17) is 9.47 Å². The summed E-state index contributed by atoms with van der Waals surface area (Å²) in [5.41, 5.74) is 1.43. The zero-order chi connectivity index (χ0) is 14.8. The summed E-state index contributed by atoms with van der Waals surface area (Å²) in [6.45, 7) is 5.30. The molecule has 2 aliphatic heterocycles. The van der Waals surface area contributed by atoms with Crippen LogP contribution in [0.1, 0.15) is 31.2 Å². The van der Waals surface area contributed by atoms with Crippen molar-refractivity contribution in [2.75, 3.05) is 26.3 Å². The van der Waals surface area contributed by atoms with Crippen LogP contribution in [0.2, 0.25) is 0 Å². The van der Waals surface area contributed by atoms with Crippen molar-refractivity contribution in [1.29, 1.82) is 0 Å². The van der Waals surface area contributed by atoms with Gasteiger partial charge in [-0.05, 0) is 49.0 Å². The van der Waals surface area contributed by atoms with E-state index < -0.39 is 0 Å². The number of fused-ring (bicyclic) bond motifs is 1. The monoisotopic (exact) mass is 301 g/mol. The summed E-state index contributed by atoms with van der Waals surface area (Å²) in [4.78, 5) is 2.62. The highest BCUT2D eigenvalue weighted by Crippen LogP contribution is 2.48. The van der Waals surface area contributed by atoms with Crippen LogP contribution in [0.25, 0.3) is 0 Å². The SMILES string of the molecule is c1ccc(CN2CC(COC3CCCCO3)C3CC3C2)cc1. The molecule has 4 unspecified atom stereocenters. The van der Waals surface area contributed by atoms with Crippen LogP contribution < -0.4 is 0 Å². The van der Waals surface area contributed by atoms with Gasteiger partial charge >= 0.3 is 0 Å². The van der Waals surface area contributed by atoms with E-state index in [0.717, 1.165) is 38.0 Å². The average molecular weight is 301 g/mol. The van der Waals surface area contributed by atoms with E-state index in [0.29, 0.717) is 5.92 Å². The summed E-state index contributed by atoms with van der Waals surface area (Å²) in [6, 6.07) is 10.8. The Labute approximate surface area is 133 Å². The highest BCUT2D eigenvalue weighted by molar-refractivity contribution is 5.15. The maximum Gasteiger partial charge on any atom is 0.157 e. The highest BCUT2D eigenvalue weighted by atomic mass is 16.7. The average Bonchev–Trinajstić information content (AvgIpc) is 3.34. The van der Waals surface area contributed by atoms with Crippen LogP contribution in [0.4, 0.5) is 0 Å². The van der Waals surface area contributed by atoms with Crippen molar-refractivity contribution >= 4 is 0 Å². The van der Waals surface area contributed by atoms with Crippen molar-refractivity contribution in [3.8, 4) is 0 Å². The molecule has 3 heteroatoms. The molecule has 0 aromatic heterocycles. The molecule has 3 fully saturated rings. The predicted octanol–water partition coefficient (Wildman–Crippen LogP) is 3.30. The van der Waals surface area contributed by atoms with Gasteiger partial charge in [-0.2, -0.15) is 0 Å². The quantitative estimate of drug-likeness (QED) is 0.833. The molecule has 4 atom stereocenters. The molecular formula is C19H27NO2. The second-order valence-electron chi connectivity index (χ2n) is 7.23. The molecule has 0 bridgehead atoms. The third kappa shape index (κ3) is 3.53. The lowest BCUT2D eigenvalue weighted by molar-refractivity contribution is -0.172. The largest absolute Gasteiger partial charge is 0.353 e. The number of nitrogens with zero attached hydrogens (tertiary/aromatic N) is 1. The van der Waals surface area contributed by atoms with Gasteiger partial charge in [-0.1, -0.05) is 30.3 Å². The number of hydrogen-bond acceptors (Lipinski definition) is 3. The van der Waals surface area contributed by atoms with Gasteiger partial charge in [0, 0.05) is 26.2 Å². The minimum absolute atomic E-state index is 0.0652. The van der Waals surface area contributed by atoms with Crippen molar-refractivity contribution in [2.24, 2.45) is 17.8 Å². The molecule has 1 aliphatic carbocycles. The molecule has 2 heterocycles. The zero-order valence-corrected chi connectivity index (χ0v) is 13.3. The van der Waals surface area contributed by atoms with E-state index in [1.54, 1.807) is 0 Å². The van der Waals surface area contributed by atoms with Gasteiger partial charge in [-0.3, -0.25) is 4.90 Å². The number of benzene rings is 1. The molecule has 1 aromatic carbocycles. The van der Waals surface area contributed by atoms with Gasteiger partial charge in [0.25, 0.3) is 0 Å². The normalized spacial score (nSPS) is 35.1. The van der Waals surface area contributed by atoms with Crippen molar-refractivity contribution in [3.63, 3.8) is 0 Å². The standard InChI is InChI=1S/C19H27NO2/c1-2-6-15(7-3-1)11-20-12-16-10-18(16)17(13-20)14-22-19-8-4-5-9-21-19/h1-3,6-7,16-19H,4-5,8-14H2. The number of likely N-dealkylation sites (tertiary alicyclic amines) is 1. The van der Waals surface area contributed by atoms with E-state index in [9.17, 15) is 0 Å². The van der Waals surface area contributed by atoms with Gasteiger partial charge in [0.15, 0.2) is 6.29 Å². The molecule has 0 radical (unpaired) electrons. The summed E-state index contributed by atoms with van der Waals surface area (Å²) >= 11 is 0. The minimum Gasteiger partial charge on any atom is -0.353 e. The third-order valence-corrected chi connectivity index (χ3v) is 5.45. The van der Waals surface area contributed by atoms with E-state index in [-0.39, 0.29) is 6.29 Å². The van der Waals surface area contributed by atoms with E-state index in [2.05, 4.69) is 35.2 Å². The molecule has 22 heavy (non-hydrogen) atoms. The molecule has 3 nitrogen and oxygen atoms in total. The van der Waals surface area contributed by atoms with Gasteiger partial charge < -0.3 is 9.47 Å². The Bertz CT molecular complexity index is 472. The second kappa shape index (κ2) is 6.69. The van der Waals surface area contributed by atoms with Crippen molar-refractivity contribution < 1.29 is 9.47 Å². The highest BCUT2D eigenvalue weighted by Gasteiger charge is 2.47. The first-order valence-corrected chi connectivity index (χ1v) is 8.88. The van der Waals surface area contributed by atoms with E-state index in [1.807, 2.05) is 0 Å². The van der Waals surface area contributed by atoms with E-state index >= 15 is 0 Å². The molecule has 3 aliphatic rings. The lowest BCUT2D eigenvalue weighted by atomic mass is 9.98. The fourth-order valence-electron chi connectivity index (χ4n) is 4.15. The maximum absolute atomic E-state index is 6.07. The molecule has 2 saturated heterocycles. The Morgan fingerprint density at radius 2 is 2.05 bits per heavy atom. The van der Waals surface area contributed by atoms with E-state index in [1.165, 1.54) is 37.9 Å². The summed E-state index contributed by atoms with van der Waals surface area (Å²) in [5.74, 6) is 2.53. The second-order valence-corrected chi connectivity index (χ2v) is 7.23. The third-order valence-electron chi connectivity index (χ3n) is 5.45. The first kappa shape index (κ1) is 14.7. The van der Waals surface area contributed by atoms with Crippen LogP contribution in [-0.2, 0) is 16.0 Å². The maximum atomic E-state index is 6.07. The van der Waals surface area contributed by atoms with Gasteiger partial charge in [0.2, 0.25) is 0 Å². The Hall–Kier alpha value is -0.900. The van der Waals surface area contributed by atoms with Crippen LogP contribution in [0.15, 0.2) is 30.3 Å². The van der Waals surface area contributed by atoms with Crippen LogP contribution >= 0.6 is 0 Å². The smallest absolute Gasteiger partial charge is 0.157 e. The molecule has 0 N–H and O–H groups in total. The summed E-state index contributed by atoms with van der Waals surface area (Å²) in [5, 5.41) is 0. The van der Waals surface area contributed by atoms with Crippen LogP contribution in [0.3, 0.4) is 0 Å². The molecule has 1 aromatic rings. The molecule has 120 valence electrons. The Morgan fingerprint density at radius 3 is 2.86 bits per heavy atom. The lowest BCUT2D eigenvalue weighted by Crippen LogP contribution is -2.39. The summed E-state index contributed by atoms with van der Waals surface area (Å²) in [6.07, 6.45) is 5.00. The summed E-state index contributed by atoms with van der Waals surface area (Å²) < 4.78 is 11.8. The van der Waals surface area contributed by atoms with Gasteiger partial charge in [-0.25, -0.2) is 0 Å². The number of rotatable bonds is 5. The molecule has 0 amide bonds. The zero-order valence-electron chi connectivity index (χ0n) is 13.3. The van der Waals surface area contributed by atoms with Crippen molar-refractivity contribution in [2.45, 2.75) is 38.5 Å². The topological polar surface area (TPSA) is 21.7 Å².